The number of anilines is 1. The standard InChI is InChI=1S/C22H17B4N5O3/c23-21(24,19-28-17-15(18(33)29-19)2-1-3-16(17)32)22(25,26)20(34)31-10-8-30(9-11-31)14-6-4-13(12-27)5-7-14/h1-7,32H,8-11H2,(H,28,29,33). The number of aromatic amines is 1. The number of phenols is 1. The van der Waals surface area contributed by atoms with Gasteiger partial charge in [0, 0.05) is 31.9 Å². The van der Waals surface area contributed by atoms with E-state index in [4.69, 9.17) is 36.6 Å². The van der Waals surface area contributed by atoms with E-state index in [1.54, 1.807) is 12.1 Å². The summed E-state index contributed by atoms with van der Waals surface area (Å²) in [6, 6.07) is 13.5. The number of aromatic hydroxyl groups is 1. The van der Waals surface area contributed by atoms with E-state index in [0.29, 0.717) is 31.7 Å². The maximum absolute atomic E-state index is 13.3. The van der Waals surface area contributed by atoms with Crippen LogP contribution in [-0.2, 0) is 10.0 Å². The van der Waals surface area contributed by atoms with Crippen LogP contribution in [0, 0.1) is 11.3 Å². The molecule has 1 aromatic heterocycles. The fourth-order valence-corrected chi connectivity index (χ4v) is 3.89. The Morgan fingerprint density at radius 1 is 1.06 bits per heavy atom. The maximum Gasteiger partial charge on any atom is 0.258 e. The molecule has 2 heterocycles. The molecular formula is C22H17B4N5O3. The van der Waals surface area contributed by atoms with Crippen LogP contribution in [0.5, 0.6) is 5.75 Å². The number of phenolic OH excluding ortho intramolecular Hbond substituents is 1. The minimum Gasteiger partial charge on any atom is -0.506 e. The minimum absolute atomic E-state index is 0.0409. The topological polar surface area (TPSA) is 113 Å². The van der Waals surface area contributed by atoms with E-state index < -0.39 is 21.9 Å². The van der Waals surface area contributed by atoms with Gasteiger partial charge < -0.3 is 19.9 Å². The van der Waals surface area contributed by atoms with Crippen molar-refractivity contribution >= 4 is 53.9 Å². The second kappa shape index (κ2) is 8.64. The molecule has 160 valence electrons. The van der Waals surface area contributed by atoms with Gasteiger partial charge in [0.05, 0.1) is 54.2 Å². The zero-order valence-electron chi connectivity index (χ0n) is 18.2. The molecule has 0 unspecified atom stereocenters. The lowest BCUT2D eigenvalue weighted by molar-refractivity contribution is -0.133. The highest BCUT2D eigenvalue weighted by molar-refractivity contribution is 6.61. The third kappa shape index (κ3) is 3.96. The maximum atomic E-state index is 13.3. The number of hydrogen-bond donors (Lipinski definition) is 2. The SMILES string of the molecule is [B]C([B])(C(=O)N1CCN(c2ccc(C#N)cc2)CC1)C([B])([B])c1nc2c(O)cccc2c(=O)[nH]1. The van der Waals surface area contributed by atoms with Gasteiger partial charge in [0.25, 0.3) is 5.56 Å². The number of aromatic nitrogens is 2. The second-order valence-electron chi connectivity index (χ2n) is 8.26. The highest BCUT2D eigenvalue weighted by atomic mass is 16.3. The smallest absolute Gasteiger partial charge is 0.258 e. The third-order valence-electron chi connectivity index (χ3n) is 6.07. The molecule has 1 aliphatic heterocycles. The van der Waals surface area contributed by atoms with Crippen molar-refractivity contribution in [2.24, 2.45) is 0 Å². The van der Waals surface area contributed by atoms with Crippen LogP contribution < -0.4 is 10.5 Å². The van der Waals surface area contributed by atoms with Crippen LogP contribution in [0.15, 0.2) is 47.3 Å². The number of nitrogens with one attached hydrogen (secondary N) is 1. The number of nitriles is 1. The number of carbonyl (C=O) groups is 1. The molecule has 0 bridgehead atoms. The number of fused-ring (bicyclic) bond motifs is 1. The van der Waals surface area contributed by atoms with Crippen LogP contribution in [0.1, 0.15) is 11.4 Å². The molecule has 8 radical (unpaired) electrons. The Kier molecular flexibility index (Phi) is 5.98. The molecule has 3 aromatic rings. The lowest BCUT2D eigenvalue weighted by Crippen LogP contribution is -2.58. The van der Waals surface area contributed by atoms with E-state index in [-0.39, 0.29) is 22.5 Å². The third-order valence-corrected chi connectivity index (χ3v) is 6.07. The quantitative estimate of drug-likeness (QED) is 0.541. The molecule has 0 aliphatic carbocycles. The summed E-state index contributed by atoms with van der Waals surface area (Å²) in [5, 5.41) is 14.6. The van der Waals surface area contributed by atoms with Gasteiger partial charge in [-0.3, -0.25) is 9.59 Å². The van der Waals surface area contributed by atoms with Crippen LogP contribution in [0.25, 0.3) is 10.9 Å². The summed E-state index contributed by atoms with van der Waals surface area (Å²) < 4.78 is 0. The highest BCUT2D eigenvalue weighted by Crippen LogP contribution is 2.39. The number of nitrogens with zero attached hydrogens (tertiary/aromatic N) is 4. The van der Waals surface area contributed by atoms with Gasteiger partial charge >= 0.3 is 0 Å². The Morgan fingerprint density at radius 2 is 1.71 bits per heavy atom. The van der Waals surface area contributed by atoms with E-state index in [0.717, 1.165) is 5.69 Å². The van der Waals surface area contributed by atoms with Crippen molar-refractivity contribution in [2.75, 3.05) is 31.1 Å². The summed E-state index contributed by atoms with van der Waals surface area (Å²) in [6.45, 7) is 1.59. The molecule has 2 N–H and O–H groups in total. The summed E-state index contributed by atoms with van der Waals surface area (Å²) in [7, 11) is 24.8. The fraction of sp³-hybridized carbons (Fsp3) is 0.273. The second-order valence-corrected chi connectivity index (χ2v) is 8.26. The molecule has 2 aromatic carbocycles. The molecule has 1 amide bonds. The number of para-hydroxylation sites is 1. The number of amides is 1. The fourth-order valence-electron chi connectivity index (χ4n) is 3.89. The molecule has 8 nitrogen and oxygen atoms in total. The zero-order chi connectivity index (χ0) is 24.7. The van der Waals surface area contributed by atoms with Gasteiger partial charge in [-0.1, -0.05) is 6.07 Å². The van der Waals surface area contributed by atoms with Gasteiger partial charge in [0.2, 0.25) is 5.91 Å². The number of hydrogen-bond acceptors (Lipinski definition) is 6. The van der Waals surface area contributed by atoms with Crippen molar-refractivity contribution in [3.05, 3.63) is 64.2 Å². The predicted octanol–water partition coefficient (Wildman–Crippen LogP) is -0.208. The number of carbonyl (C=O) groups excluding carboxylic acids is 1. The Labute approximate surface area is 201 Å². The van der Waals surface area contributed by atoms with E-state index in [9.17, 15) is 14.7 Å². The first-order valence-corrected chi connectivity index (χ1v) is 10.5. The van der Waals surface area contributed by atoms with Gasteiger partial charge in [0.15, 0.2) is 0 Å². The van der Waals surface area contributed by atoms with Gasteiger partial charge in [-0.15, -0.1) is 0 Å². The van der Waals surface area contributed by atoms with Crippen molar-refractivity contribution < 1.29 is 9.90 Å². The Balaban J connectivity index is 1.55. The molecule has 0 atom stereocenters. The van der Waals surface area contributed by atoms with Gasteiger partial charge in [-0.2, -0.15) is 5.26 Å². The number of piperazine rings is 1. The molecule has 1 fully saturated rings. The molecule has 1 saturated heterocycles. The van der Waals surface area contributed by atoms with Crippen LogP contribution in [0.3, 0.4) is 0 Å². The first-order chi connectivity index (χ1) is 16.1. The molecule has 1 aliphatic rings. The lowest BCUT2D eigenvalue weighted by Gasteiger charge is -2.46. The number of H-pyrrole nitrogens is 1. The van der Waals surface area contributed by atoms with Crippen molar-refractivity contribution in [1.82, 2.24) is 14.9 Å². The largest absolute Gasteiger partial charge is 0.506 e. The van der Waals surface area contributed by atoms with Crippen molar-refractivity contribution in [3.63, 3.8) is 0 Å². The average Bonchev–Trinajstić information content (AvgIpc) is 2.84. The monoisotopic (exact) mass is 443 g/mol. The van der Waals surface area contributed by atoms with E-state index in [1.165, 1.54) is 23.1 Å². The summed E-state index contributed by atoms with van der Waals surface area (Å²) in [4.78, 5) is 35.9. The van der Waals surface area contributed by atoms with Crippen molar-refractivity contribution in [1.29, 1.82) is 5.26 Å². The van der Waals surface area contributed by atoms with Crippen molar-refractivity contribution in [2.45, 2.75) is 10.4 Å². The Bertz CT molecular complexity index is 1340. The van der Waals surface area contributed by atoms with E-state index in [2.05, 4.69) is 20.9 Å². The number of rotatable bonds is 4. The lowest BCUT2D eigenvalue weighted by atomic mass is 9.29. The highest BCUT2D eigenvalue weighted by Gasteiger charge is 2.46. The minimum atomic E-state index is -2.32. The van der Waals surface area contributed by atoms with E-state index in [1.807, 2.05) is 12.1 Å². The average molecular weight is 443 g/mol. The van der Waals surface area contributed by atoms with Crippen LogP contribution in [-0.4, -0.2) is 83.4 Å². The van der Waals surface area contributed by atoms with Crippen LogP contribution in [0.2, 0.25) is 5.21 Å². The first kappa shape index (κ1) is 23.6. The summed E-state index contributed by atoms with van der Waals surface area (Å²) in [5.41, 5.74) is 0.823. The normalized spacial score (nSPS) is 14.7. The van der Waals surface area contributed by atoms with Crippen LogP contribution in [0.4, 0.5) is 5.69 Å². The number of benzene rings is 2. The zero-order valence-corrected chi connectivity index (χ0v) is 18.2. The Morgan fingerprint density at radius 3 is 2.32 bits per heavy atom. The molecule has 4 rings (SSSR count). The molecule has 0 spiro atoms. The Hall–Kier alpha value is -3.60. The van der Waals surface area contributed by atoms with Crippen LogP contribution >= 0.6 is 0 Å². The molecular weight excluding hydrogens is 426 g/mol. The summed E-state index contributed by atoms with van der Waals surface area (Å²) in [6.07, 6.45) is 0. The van der Waals surface area contributed by atoms with Gasteiger partial charge in [-0.25, -0.2) is 4.98 Å². The molecule has 12 heteroatoms. The summed E-state index contributed by atoms with van der Waals surface area (Å²) >= 11 is 0. The first-order valence-electron chi connectivity index (χ1n) is 10.5. The molecule has 34 heavy (non-hydrogen) atoms. The van der Waals surface area contributed by atoms with E-state index >= 15 is 0 Å². The van der Waals surface area contributed by atoms with Gasteiger partial charge in [0.1, 0.15) is 11.3 Å². The van der Waals surface area contributed by atoms with Gasteiger partial charge in [-0.05, 0) is 46.8 Å². The summed E-state index contributed by atoms with van der Waals surface area (Å²) in [5.74, 6) is -1.30. The predicted molar refractivity (Wildman–Crippen MR) is 131 cm³/mol. The molecule has 0 saturated carbocycles. The van der Waals surface area contributed by atoms with Crippen molar-refractivity contribution in [3.8, 4) is 11.8 Å².